The van der Waals surface area contributed by atoms with Gasteiger partial charge in [0.25, 0.3) is 0 Å². The average molecular weight is 346 g/mol. The second kappa shape index (κ2) is 7.10. The minimum absolute atomic E-state index is 0.0221. The molecule has 1 unspecified atom stereocenters. The lowest BCUT2D eigenvalue weighted by atomic mass is 9.80. The summed E-state index contributed by atoms with van der Waals surface area (Å²) in [6.07, 6.45) is -0.684. The molecule has 1 N–H and O–H groups in total. The molecule has 2 rings (SSSR count). The molecule has 0 amide bonds. The molecule has 5 nitrogen and oxygen atoms in total. The fourth-order valence-electron chi connectivity index (χ4n) is 2.55. The first kappa shape index (κ1) is 19.3. The van der Waals surface area contributed by atoms with Gasteiger partial charge in [0, 0.05) is 11.0 Å². The average Bonchev–Trinajstić information content (AvgIpc) is 2.54. The zero-order valence-corrected chi connectivity index (χ0v) is 15.4. The van der Waals surface area contributed by atoms with Crippen LogP contribution in [0.3, 0.4) is 0 Å². The number of aliphatic hydroxyl groups is 1. The number of ether oxygens (including phenoxy) is 2. The highest BCUT2D eigenvalue weighted by molar-refractivity contribution is 6.23. The number of esters is 1. The van der Waals surface area contributed by atoms with E-state index in [1.54, 1.807) is 34.6 Å². The molecule has 0 spiro atoms. The smallest absolute Gasteiger partial charge is 0.311 e. The summed E-state index contributed by atoms with van der Waals surface area (Å²) in [5.41, 5.74) is -0.267. The van der Waals surface area contributed by atoms with Crippen molar-refractivity contribution < 1.29 is 24.2 Å². The third kappa shape index (κ3) is 4.55. The van der Waals surface area contributed by atoms with Crippen molar-refractivity contribution in [2.75, 3.05) is 6.61 Å². The molecule has 1 aliphatic heterocycles. The fourth-order valence-corrected chi connectivity index (χ4v) is 2.55. The molecule has 5 heteroatoms. The molecule has 0 fully saturated rings. The molecule has 0 saturated carbocycles. The fraction of sp³-hybridized carbons (Fsp3) is 0.500. The molecular weight excluding hydrogens is 320 g/mol. The molecule has 0 saturated heterocycles. The van der Waals surface area contributed by atoms with E-state index in [1.165, 1.54) is 6.08 Å². The Morgan fingerprint density at radius 3 is 2.32 bits per heavy atom. The lowest BCUT2D eigenvalue weighted by Gasteiger charge is -2.37. The third-order valence-electron chi connectivity index (χ3n) is 4.07. The first-order chi connectivity index (χ1) is 11.5. The monoisotopic (exact) mass is 346 g/mol. The van der Waals surface area contributed by atoms with Crippen molar-refractivity contribution in [1.29, 1.82) is 0 Å². The predicted molar refractivity (Wildman–Crippen MR) is 94.5 cm³/mol. The van der Waals surface area contributed by atoms with Crippen LogP contribution in [0.4, 0.5) is 0 Å². The summed E-state index contributed by atoms with van der Waals surface area (Å²) in [7, 11) is 0. The standard InChI is InChI=1S/C20H26O5/c1-19(2,3)18(23)24-12-20(4,5)17-16(22)14(11-15(21)25-17)13-9-7-6-8-10-13/h6-11,15,17,21H,12H2,1-5H3/t15?,17-/m0/s1. The lowest BCUT2D eigenvalue weighted by molar-refractivity contribution is -0.177. The number of hydrogen-bond acceptors (Lipinski definition) is 5. The van der Waals surface area contributed by atoms with Crippen LogP contribution < -0.4 is 0 Å². The Morgan fingerprint density at radius 2 is 1.76 bits per heavy atom. The Kier molecular flexibility index (Phi) is 5.49. The van der Waals surface area contributed by atoms with E-state index in [9.17, 15) is 14.7 Å². The van der Waals surface area contributed by atoms with E-state index in [-0.39, 0.29) is 18.4 Å². The van der Waals surface area contributed by atoms with Crippen LogP contribution in [0.2, 0.25) is 0 Å². The molecule has 1 heterocycles. The quantitative estimate of drug-likeness (QED) is 0.849. The normalized spacial score (nSPS) is 21.7. The van der Waals surface area contributed by atoms with Gasteiger partial charge in [-0.05, 0) is 32.4 Å². The minimum Gasteiger partial charge on any atom is -0.465 e. The molecule has 25 heavy (non-hydrogen) atoms. The summed E-state index contributed by atoms with van der Waals surface area (Å²) in [6, 6.07) is 9.14. The van der Waals surface area contributed by atoms with Gasteiger partial charge in [-0.25, -0.2) is 0 Å². The number of carbonyl (C=O) groups is 2. The van der Waals surface area contributed by atoms with Gasteiger partial charge >= 0.3 is 5.97 Å². The highest BCUT2D eigenvalue weighted by Crippen LogP contribution is 2.34. The van der Waals surface area contributed by atoms with Gasteiger partial charge in [-0.1, -0.05) is 44.2 Å². The van der Waals surface area contributed by atoms with Gasteiger partial charge in [0.15, 0.2) is 12.1 Å². The predicted octanol–water partition coefficient (Wildman–Crippen LogP) is 2.97. The number of rotatable bonds is 4. The maximum absolute atomic E-state index is 12.9. The van der Waals surface area contributed by atoms with Crippen molar-refractivity contribution in [1.82, 2.24) is 0 Å². The maximum Gasteiger partial charge on any atom is 0.311 e. The third-order valence-corrected chi connectivity index (χ3v) is 4.07. The van der Waals surface area contributed by atoms with Crippen LogP contribution in [0.15, 0.2) is 36.4 Å². The van der Waals surface area contributed by atoms with Crippen molar-refractivity contribution in [3.05, 3.63) is 42.0 Å². The van der Waals surface area contributed by atoms with E-state index in [0.717, 1.165) is 5.56 Å². The van der Waals surface area contributed by atoms with Gasteiger partial charge in [-0.15, -0.1) is 0 Å². The van der Waals surface area contributed by atoms with E-state index in [2.05, 4.69) is 0 Å². The summed E-state index contributed by atoms with van der Waals surface area (Å²) in [5, 5.41) is 10.0. The van der Waals surface area contributed by atoms with Crippen LogP contribution in [0.5, 0.6) is 0 Å². The number of benzene rings is 1. The van der Waals surface area contributed by atoms with Crippen molar-refractivity contribution in [3.8, 4) is 0 Å². The first-order valence-electron chi connectivity index (χ1n) is 8.34. The van der Waals surface area contributed by atoms with E-state index in [0.29, 0.717) is 5.57 Å². The summed E-state index contributed by atoms with van der Waals surface area (Å²) in [5.74, 6) is -0.573. The van der Waals surface area contributed by atoms with Crippen molar-refractivity contribution in [2.45, 2.75) is 47.0 Å². The Morgan fingerprint density at radius 1 is 1.16 bits per heavy atom. The van der Waals surface area contributed by atoms with Crippen LogP contribution in [-0.2, 0) is 19.1 Å². The maximum atomic E-state index is 12.9. The summed E-state index contributed by atoms with van der Waals surface area (Å²) >= 11 is 0. The second-order valence-electron chi connectivity index (χ2n) is 8.03. The van der Waals surface area contributed by atoms with Crippen LogP contribution >= 0.6 is 0 Å². The molecule has 1 aromatic rings. The lowest BCUT2D eigenvalue weighted by Crippen LogP contribution is -2.47. The number of ketones is 1. The van der Waals surface area contributed by atoms with Gasteiger partial charge < -0.3 is 14.6 Å². The highest BCUT2D eigenvalue weighted by Gasteiger charge is 2.43. The molecule has 0 aromatic heterocycles. The van der Waals surface area contributed by atoms with Gasteiger partial charge in [0.1, 0.15) is 6.10 Å². The van der Waals surface area contributed by atoms with Gasteiger partial charge in [-0.2, -0.15) is 0 Å². The van der Waals surface area contributed by atoms with Crippen LogP contribution in [0.25, 0.3) is 5.57 Å². The number of carbonyl (C=O) groups excluding carboxylic acids is 2. The second-order valence-corrected chi connectivity index (χ2v) is 8.03. The SMILES string of the molecule is CC(C)(C)C(=O)OCC(C)(C)[C@H]1OC(O)C=C(c2ccccc2)C1=O. The molecule has 0 aliphatic carbocycles. The van der Waals surface area contributed by atoms with E-state index < -0.39 is 23.2 Å². The highest BCUT2D eigenvalue weighted by atomic mass is 16.6. The van der Waals surface area contributed by atoms with Gasteiger partial charge in [0.2, 0.25) is 0 Å². The van der Waals surface area contributed by atoms with Crippen LogP contribution in [0.1, 0.15) is 40.2 Å². The summed E-state index contributed by atoms with van der Waals surface area (Å²) in [4.78, 5) is 24.9. The summed E-state index contributed by atoms with van der Waals surface area (Å²) < 4.78 is 10.8. The molecule has 136 valence electrons. The summed E-state index contributed by atoms with van der Waals surface area (Å²) in [6.45, 7) is 8.90. The van der Waals surface area contributed by atoms with E-state index in [4.69, 9.17) is 9.47 Å². The van der Waals surface area contributed by atoms with E-state index in [1.807, 2.05) is 30.3 Å². The van der Waals surface area contributed by atoms with Crippen molar-refractivity contribution in [3.63, 3.8) is 0 Å². The largest absolute Gasteiger partial charge is 0.465 e. The molecular formula is C20H26O5. The molecule has 2 atom stereocenters. The minimum atomic E-state index is -1.18. The van der Waals surface area contributed by atoms with Crippen molar-refractivity contribution >= 4 is 17.3 Å². The number of hydrogen-bond donors (Lipinski definition) is 1. The first-order valence-corrected chi connectivity index (χ1v) is 8.34. The van der Waals surface area contributed by atoms with E-state index >= 15 is 0 Å². The molecule has 1 aromatic carbocycles. The Labute approximate surface area is 148 Å². The topological polar surface area (TPSA) is 72.8 Å². The Balaban J connectivity index is 2.19. The number of aliphatic hydroxyl groups excluding tert-OH is 1. The molecule has 0 bridgehead atoms. The van der Waals surface area contributed by atoms with Crippen molar-refractivity contribution in [2.24, 2.45) is 10.8 Å². The zero-order chi connectivity index (χ0) is 18.8. The Hall–Kier alpha value is -1.98. The van der Waals surface area contributed by atoms with Crippen LogP contribution in [0, 0.1) is 10.8 Å². The zero-order valence-electron chi connectivity index (χ0n) is 15.4. The molecule has 1 aliphatic rings. The van der Waals surface area contributed by atoms with Crippen LogP contribution in [-0.4, -0.2) is 35.9 Å². The number of Topliss-reactive ketones (excluding diaryl/α,β-unsaturated/α-hetero) is 1. The van der Waals surface area contributed by atoms with Gasteiger partial charge in [-0.3, -0.25) is 9.59 Å². The van der Waals surface area contributed by atoms with Gasteiger partial charge in [0.05, 0.1) is 12.0 Å². The molecule has 0 radical (unpaired) electrons. The Bertz CT molecular complexity index is 667.